The number of halogens is 1. The maximum atomic E-state index is 12.2. The molecule has 0 bridgehead atoms. The van der Waals surface area contributed by atoms with Gasteiger partial charge in [-0.3, -0.25) is 9.59 Å². The van der Waals surface area contributed by atoms with Crippen LogP contribution in [0.5, 0.6) is 0 Å². The van der Waals surface area contributed by atoms with Crippen LogP contribution >= 0.6 is 12.4 Å². The van der Waals surface area contributed by atoms with Crippen LogP contribution in [0.25, 0.3) is 0 Å². The first-order valence-corrected chi connectivity index (χ1v) is 6.47. The fourth-order valence-corrected chi connectivity index (χ4v) is 2.20. The fourth-order valence-electron chi connectivity index (χ4n) is 2.20. The Labute approximate surface area is 126 Å². The molecule has 1 unspecified atom stereocenters. The molecule has 20 heavy (non-hydrogen) atoms. The third-order valence-electron chi connectivity index (χ3n) is 3.09. The molecule has 0 radical (unpaired) electrons. The van der Waals surface area contributed by atoms with Crippen LogP contribution in [-0.4, -0.2) is 22.6 Å². The van der Waals surface area contributed by atoms with Crippen LogP contribution in [0.1, 0.15) is 37.6 Å². The largest absolute Gasteiger partial charge is 0.345 e. The van der Waals surface area contributed by atoms with Crippen molar-refractivity contribution in [1.82, 2.24) is 9.88 Å². The molecule has 0 saturated carbocycles. The Hall–Kier alpha value is -1.33. The van der Waals surface area contributed by atoms with Gasteiger partial charge in [0.15, 0.2) is 0 Å². The maximum Gasteiger partial charge on any atom is 0.263 e. The summed E-state index contributed by atoms with van der Waals surface area (Å²) >= 11 is 0. The molecular weight excluding hydrogens is 278 g/mol. The van der Waals surface area contributed by atoms with Crippen molar-refractivity contribution >= 4 is 18.3 Å². The van der Waals surface area contributed by atoms with Crippen molar-refractivity contribution in [3.05, 3.63) is 34.2 Å². The molecule has 0 aliphatic rings. The zero-order valence-electron chi connectivity index (χ0n) is 12.5. The minimum Gasteiger partial charge on any atom is -0.345 e. The summed E-state index contributed by atoms with van der Waals surface area (Å²) in [6, 6.07) is 3.21. The molecule has 114 valence electrons. The number of pyridine rings is 1. The number of carbonyl (C=O) groups excluding carboxylic acids is 1. The van der Waals surface area contributed by atoms with Gasteiger partial charge in [-0.25, -0.2) is 0 Å². The molecule has 5 nitrogen and oxygen atoms in total. The summed E-state index contributed by atoms with van der Waals surface area (Å²) in [6.07, 6.45) is 2.39. The molecule has 0 aromatic carbocycles. The number of hydrogen-bond donors (Lipinski definition) is 2. The number of carbonyl (C=O) groups is 1. The van der Waals surface area contributed by atoms with E-state index in [1.165, 1.54) is 10.6 Å². The lowest BCUT2D eigenvalue weighted by Crippen LogP contribution is -2.53. The Morgan fingerprint density at radius 3 is 2.60 bits per heavy atom. The molecule has 0 aliphatic heterocycles. The fraction of sp³-hybridized carbons (Fsp3) is 0.571. The molecule has 1 aromatic heterocycles. The van der Waals surface area contributed by atoms with E-state index in [1.807, 2.05) is 6.92 Å². The highest BCUT2D eigenvalue weighted by Gasteiger charge is 2.27. The molecule has 0 fully saturated rings. The van der Waals surface area contributed by atoms with E-state index < -0.39 is 5.54 Å². The van der Waals surface area contributed by atoms with Crippen LogP contribution in [0.15, 0.2) is 23.1 Å². The van der Waals surface area contributed by atoms with Gasteiger partial charge in [-0.15, -0.1) is 12.4 Å². The lowest BCUT2D eigenvalue weighted by Gasteiger charge is -2.31. The summed E-state index contributed by atoms with van der Waals surface area (Å²) in [6.45, 7) is 6.38. The molecule has 1 aromatic rings. The smallest absolute Gasteiger partial charge is 0.263 e. The van der Waals surface area contributed by atoms with Crippen LogP contribution in [0, 0.1) is 5.92 Å². The van der Waals surface area contributed by atoms with E-state index in [2.05, 4.69) is 19.2 Å². The van der Waals surface area contributed by atoms with Gasteiger partial charge in [0.1, 0.15) is 5.56 Å². The van der Waals surface area contributed by atoms with Crippen LogP contribution in [-0.2, 0) is 7.05 Å². The van der Waals surface area contributed by atoms with Crippen molar-refractivity contribution < 1.29 is 4.79 Å². The number of nitrogens with two attached hydrogens (primary N) is 1. The molecule has 0 spiro atoms. The first-order valence-electron chi connectivity index (χ1n) is 6.47. The molecule has 1 rings (SSSR count). The van der Waals surface area contributed by atoms with Gasteiger partial charge in [0.05, 0.1) is 0 Å². The summed E-state index contributed by atoms with van der Waals surface area (Å²) in [5.74, 6) is 0.0438. The highest BCUT2D eigenvalue weighted by atomic mass is 35.5. The van der Waals surface area contributed by atoms with Gasteiger partial charge in [0.25, 0.3) is 11.5 Å². The summed E-state index contributed by atoms with van der Waals surface area (Å²) < 4.78 is 1.39. The molecule has 6 heteroatoms. The van der Waals surface area contributed by atoms with Gasteiger partial charge in [-0.1, -0.05) is 13.8 Å². The molecule has 0 aliphatic carbocycles. The topological polar surface area (TPSA) is 77.1 Å². The zero-order valence-corrected chi connectivity index (χ0v) is 13.3. The first-order chi connectivity index (χ1) is 8.79. The van der Waals surface area contributed by atoms with Crippen LogP contribution < -0.4 is 16.6 Å². The predicted octanol–water partition coefficient (Wildman–Crippen LogP) is 1.30. The lowest BCUT2D eigenvalue weighted by atomic mass is 9.90. The van der Waals surface area contributed by atoms with Crippen molar-refractivity contribution in [3.8, 4) is 0 Å². The monoisotopic (exact) mass is 301 g/mol. The molecule has 1 heterocycles. The second-order valence-corrected chi connectivity index (χ2v) is 5.65. The van der Waals surface area contributed by atoms with E-state index in [1.54, 1.807) is 19.3 Å². The second kappa shape index (κ2) is 7.45. The van der Waals surface area contributed by atoms with E-state index >= 15 is 0 Å². The Balaban J connectivity index is 0.00000361. The number of hydrogen-bond acceptors (Lipinski definition) is 3. The predicted molar refractivity (Wildman–Crippen MR) is 83.3 cm³/mol. The molecule has 1 atom stereocenters. The van der Waals surface area contributed by atoms with Crippen LogP contribution in [0.2, 0.25) is 0 Å². The van der Waals surface area contributed by atoms with Gasteiger partial charge in [-0.05, 0) is 31.4 Å². The molecule has 0 saturated heterocycles. The number of aryl methyl sites for hydroxylation is 1. The van der Waals surface area contributed by atoms with E-state index in [0.29, 0.717) is 12.5 Å². The normalized spacial score (nSPS) is 13.5. The minimum absolute atomic E-state index is 0. The minimum atomic E-state index is -0.494. The van der Waals surface area contributed by atoms with Crippen molar-refractivity contribution in [2.75, 3.05) is 6.54 Å². The third kappa shape index (κ3) is 4.65. The first kappa shape index (κ1) is 18.7. The Bertz CT molecular complexity index is 513. The number of nitrogens with zero attached hydrogens (tertiary/aromatic N) is 1. The van der Waals surface area contributed by atoms with E-state index in [4.69, 9.17) is 5.73 Å². The van der Waals surface area contributed by atoms with E-state index in [9.17, 15) is 9.59 Å². The SMILES string of the molecule is CC(C)CC(C)(CN)NC(=O)c1cccn(C)c1=O.Cl. The van der Waals surface area contributed by atoms with E-state index in [-0.39, 0.29) is 29.4 Å². The molecule has 3 N–H and O–H groups in total. The summed E-state index contributed by atoms with van der Waals surface area (Å²) in [7, 11) is 1.62. The highest BCUT2D eigenvalue weighted by molar-refractivity contribution is 5.94. The van der Waals surface area contributed by atoms with Crippen molar-refractivity contribution in [2.24, 2.45) is 18.7 Å². The second-order valence-electron chi connectivity index (χ2n) is 5.65. The van der Waals surface area contributed by atoms with Crippen molar-refractivity contribution in [3.63, 3.8) is 0 Å². The summed E-state index contributed by atoms with van der Waals surface area (Å²) in [5, 5.41) is 2.88. The Kier molecular flexibility index (Phi) is 6.96. The van der Waals surface area contributed by atoms with Crippen molar-refractivity contribution in [2.45, 2.75) is 32.7 Å². The van der Waals surface area contributed by atoms with Gasteiger partial charge >= 0.3 is 0 Å². The lowest BCUT2D eigenvalue weighted by molar-refractivity contribution is 0.0896. The summed E-state index contributed by atoms with van der Waals surface area (Å²) in [5.41, 5.74) is 5.10. The van der Waals surface area contributed by atoms with Crippen LogP contribution in [0.3, 0.4) is 0 Å². The quantitative estimate of drug-likeness (QED) is 0.860. The van der Waals surface area contributed by atoms with Gasteiger partial charge in [-0.2, -0.15) is 0 Å². The summed E-state index contributed by atoms with van der Waals surface area (Å²) in [4.78, 5) is 24.1. The number of amides is 1. The third-order valence-corrected chi connectivity index (χ3v) is 3.09. The number of rotatable bonds is 5. The Morgan fingerprint density at radius 1 is 1.50 bits per heavy atom. The van der Waals surface area contributed by atoms with Gasteiger partial charge in [0.2, 0.25) is 0 Å². The number of nitrogens with one attached hydrogen (secondary N) is 1. The molecular formula is C14H24ClN3O2. The molecule has 1 amide bonds. The average molecular weight is 302 g/mol. The highest BCUT2D eigenvalue weighted by Crippen LogP contribution is 2.15. The van der Waals surface area contributed by atoms with E-state index in [0.717, 1.165) is 6.42 Å². The van der Waals surface area contributed by atoms with Gasteiger partial charge in [0, 0.05) is 25.3 Å². The standard InChI is InChI=1S/C14H23N3O2.ClH/c1-10(2)8-14(3,9-15)16-12(18)11-6-5-7-17(4)13(11)19;/h5-7,10H,8-9,15H2,1-4H3,(H,16,18);1H. The Morgan fingerprint density at radius 2 is 2.10 bits per heavy atom. The van der Waals surface area contributed by atoms with Gasteiger partial charge < -0.3 is 15.6 Å². The average Bonchev–Trinajstić information content (AvgIpc) is 2.31. The zero-order chi connectivity index (χ0) is 14.6. The van der Waals surface area contributed by atoms with Crippen LogP contribution in [0.4, 0.5) is 0 Å². The number of aromatic nitrogens is 1. The maximum absolute atomic E-state index is 12.2. The van der Waals surface area contributed by atoms with Crippen molar-refractivity contribution in [1.29, 1.82) is 0 Å².